The van der Waals surface area contributed by atoms with Crippen molar-refractivity contribution in [2.75, 3.05) is 13.1 Å². The fourth-order valence-corrected chi connectivity index (χ4v) is 4.62. The van der Waals surface area contributed by atoms with Crippen LogP contribution in [0.15, 0.2) is 41.5 Å². The minimum Gasteiger partial charge on any atom is -0.360 e. The molecule has 2 unspecified atom stereocenters. The normalized spacial score (nSPS) is 24.1. The van der Waals surface area contributed by atoms with E-state index in [0.29, 0.717) is 23.4 Å². The second-order valence-corrected chi connectivity index (χ2v) is 7.94. The number of carbonyl (C=O) groups is 1. The van der Waals surface area contributed by atoms with Crippen LogP contribution in [0, 0.1) is 12.8 Å². The summed E-state index contributed by atoms with van der Waals surface area (Å²) in [5.74, 6) is 0.408. The maximum atomic E-state index is 13.1. The summed E-state index contributed by atoms with van der Waals surface area (Å²) in [6, 6.07) is 7.95. The second kappa shape index (κ2) is 5.24. The molecule has 1 aliphatic heterocycles. The van der Waals surface area contributed by atoms with Crippen LogP contribution < -0.4 is 5.56 Å². The van der Waals surface area contributed by atoms with Crippen molar-refractivity contribution in [3.63, 3.8) is 0 Å². The first kappa shape index (κ1) is 15.7. The van der Waals surface area contributed by atoms with Crippen LogP contribution in [0.4, 0.5) is 0 Å². The van der Waals surface area contributed by atoms with Crippen molar-refractivity contribution in [2.45, 2.75) is 18.8 Å². The van der Waals surface area contributed by atoms with Crippen molar-refractivity contribution in [1.29, 1.82) is 0 Å². The highest BCUT2D eigenvalue weighted by Crippen LogP contribution is 2.59. The Morgan fingerprint density at radius 3 is 2.77 bits per heavy atom. The maximum Gasteiger partial charge on any atom is 0.258 e. The average molecular weight is 368 g/mol. The molecular weight excluding hydrogens is 350 g/mol. The Balaban J connectivity index is 1.48. The average Bonchev–Trinajstić information content (AvgIpc) is 3.01. The standard InChI is InChI=1S/C20H18ClN3O2/c1-11-7-23-18(25)16-15(8-22-17(11)16)19(26)24-9-13-6-20(13,10-24)12-2-4-14(21)5-3-12/h2-5,7-8,13,22H,6,9-10H2,1H3,(H,23,25). The number of aryl methyl sites for hydroxylation is 1. The molecule has 0 bridgehead atoms. The van der Waals surface area contributed by atoms with E-state index in [0.717, 1.165) is 29.1 Å². The molecule has 2 aromatic heterocycles. The lowest BCUT2D eigenvalue weighted by Crippen LogP contribution is -2.33. The van der Waals surface area contributed by atoms with Crippen LogP contribution in [0.1, 0.15) is 27.9 Å². The molecule has 1 aromatic carbocycles. The quantitative estimate of drug-likeness (QED) is 0.730. The molecule has 26 heavy (non-hydrogen) atoms. The number of benzene rings is 1. The third-order valence-electron chi connectivity index (χ3n) is 6.00. The number of aromatic nitrogens is 2. The lowest BCUT2D eigenvalue weighted by atomic mass is 9.95. The van der Waals surface area contributed by atoms with E-state index >= 15 is 0 Å². The number of likely N-dealkylation sites (tertiary alicyclic amines) is 1. The van der Waals surface area contributed by atoms with E-state index < -0.39 is 0 Å². The highest BCUT2D eigenvalue weighted by atomic mass is 35.5. The Bertz CT molecular complexity index is 1100. The van der Waals surface area contributed by atoms with Crippen molar-refractivity contribution in [3.05, 3.63) is 68.7 Å². The zero-order valence-corrected chi connectivity index (χ0v) is 15.1. The third kappa shape index (κ3) is 2.10. The lowest BCUT2D eigenvalue weighted by Gasteiger charge is -2.21. The summed E-state index contributed by atoms with van der Waals surface area (Å²) >= 11 is 6.01. The molecule has 132 valence electrons. The third-order valence-corrected chi connectivity index (χ3v) is 6.26. The first-order valence-corrected chi connectivity index (χ1v) is 9.12. The molecule has 1 saturated heterocycles. The molecule has 5 nitrogen and oxygen atoms in total. The van der Waals surface area contributed by atoms with Gasteiger partial charge in [0.15, 0.2) is 0 Å². The van der Waals surface area contributed by atoms with E-state index in [-0.39, 0.29) is 16.9 Å². The zero-order chi connectivity index (χ0) is 18.1. The number of pyridine rings is 1. The van der Waals surface area contributed by atoms with Crippen LogP contribution in [0.2, 0.25) is 5.02 Å². The number of amides is 1. The van der Waals surface area contributed by atoms with Gasteiger partial charge in [-0.05, 0) is 42.5 Å². The van der Waals surface area contributed by atoms with Crippen molar-refractivity contribution in [3.8, 4) is 0 Å². The number of piperidine rings is 1. The molecule has 1 amide bonds. The van der Waals surface area contributed by atoms with E-state index in [1.807, 2.05) is 24.0 Å². The van der Waals surface area contributed by atoms with E-state index in [1.165, 1.54) is 5.56 Å². The lowest BCUT2D eigenvalue weighted by molar-refractivity contribution is 0.0774. The first-order valence-electron chi connectivity index (χ1n) is 8.74. The fourth-order valence-electron chi connectivity index (χ4n) is 4.49. The molecule has 2 N–H and O–H groups in total. The van der Waals surface area contributed by atoms with Gasteiger partial charge in [-0.15, -0.1) is 0 Å². The number of carbonyl (C=O) groups excluding carboxylic acids is 1. The molecule has 0 spiro atoms. The second-order valence-electron chi connectivity index (χ2n) is 7.50. The number of nitrogens with zero attached hydrogens (tertiary/aromatic N) is 1. The van der Waals surface area contributed by atoms with Gasteiger partial charge in [0, 0.05) is 35.9 Å². The number of fused-ring (bicyclic) bond motifs is 2. The minimum atomic E-state index is -0.230. The fraction of sp³-hybridized carbons (Fsp3) is 0.300. The number of halogens is 1. The number of hydrogen-bond donors (Lipinski definition) is 2. The van der Waals surface area contributed by atoms with Gasteiger partial charge < -0.3 is 14.9 Å². The van der Waals surface area contributed by atoms with Crippen LogP contribution in [-0.4, -0.2) is 33.9 Å². The Labute approximate surface area is 155 Å². The molecule has 0 radical (unpaired) electrons. The summed E-state index contributed by atoms with van der Waals surface area (Å²) in [6.45, 7) is 3.33. The summed E-state index contributed by atoms with van der Waals surface area (Å²) in [4.78, 5) is 33.1. The molecule has 6 heteroatoms. The van der Waals surface area contributed by atoms with E-state index in [4.69, 9.17) is 11.6 Å². The Morgan fingerprint density at radius 1 is 1.23 bits per heavy atom. The summed E-state index contributed by atoms with van der Waals surface area (Å²) < 4.78 is 0. The molecular formula is C20H18ClN3O2. The molecule has 2 atom stereocenters. The van der Waals surface area contributed by atoms with Crippen LogP contribution >= 0.6 is 11.6 Å². The van der Waals surface area contributed by atoms with E-state index in [1.54, 1.807) is 12.4 Å². The van der Waals surface area contributed by atoms with Gasteiger partial charge >= 0.3 is 0 Å². The van der Waals surface area contributed by atoms with Gasteiger partial charge in [0.05, 0.1) is 16.5 Å². The maximum absolute atomic E-state index is 13.1. The molecule has 5 rings (SSSR count). The summed E-state index contributed by atoms with van der Waals surface area (Å²) in [6.07, 6.45) is 4.43. The van der Waals surface area contributed by atoms with Crippen molar-refractivity contribution in [1.82, 2.24) is 14.9 Å². The number of aromatic amines is 2. The topological polar surface area (TPSA) is 69.0 Å². The Hall–Kier alpha value is -2.53. The van der Waals surface area contributed by atoms with Crippen molar-refractivity contribution < 1.29 is 4.79 Å². The molecule has 3 heterocycles. The van der Waals surface area contributed by atoms with Crippen LogP contribution in [0.5, 0.6) is 0 Å². The van der Waals surface area contributed by atoms with Gasteiger partial charge in [-0.2, -0.15) is 0 Å². The Morgan fingerprint density at radius 2 is 2.00 bits per heavy atom. The molecule has 2 fully saturated rings. The monoisotopic (exact) mass is 367 g/mol. The predicted molar refractivity (Wildman–Crippen MR) is 101 cm³/mol. The van der Waals surface area contributed by atoms with Crippen LogP contribution in [0.25, 0.3) is 10.9 Å². The molecule has 2 aliphatic rings. The first-order chi connectivity index (χ1) is 12.5. The molecule has 3 aromatic rings. The largest absolute Gasteiger partial charge is 0.360 e. The highest BCUT2D eigenvalue weighted by molar-refractivity contribution is 6.30. The minimum absolute atomic E-state index is 0.0503. The molecule has 1 saturated carbocycles. The van der Waals surface area contributed by atoms with Gasteiger partial charge in [-0.1, -0.05) is 23.7 Å². The number of H-pyrrole nitrogens is 2. The van der Waals surface area contributed by atoms with Gasteiger partial charge in [0.1, 0.15) is 0 Å². The number of nitrogens with one attached hydrogen (secondary N) is 2. The van der Waals surface area contributed by atoms with Gasteiger partial charge in [0.2, 0.25) is 0 Å². The smallest absolute Gasteiger partial charge is 0.258 e. The SMILES string of the molecule is Cc1c[nH]c(=O)c2c(C(=O)N3CC4CC4(c4ccc(Cl)cc4)C3)c[nH]c12. The van der Waals surface area contributed by atoms with Gasteiger partial charge in [0.25, 0.3) is 11.5 Å². The number of hydrogen-bond acceptors (Lipinski definition) is 2. The van der Waals surface area contributed by atoms with Crippen molar-refractivity contribution in [2.24, 2.45) is 5.92 Å². The van der Waals surface area contributed by atoms with Crippen molar-refractivity contribution >= 4 is 28.4 Å². The van der Waals surface area contributed by atoms with Crippen LogP contribution in [0.3, 0.4) is 0 Å². The number of rotatable bonds is 2. The highest BCUT2D eigenvalue weighted by Gasteiger charge is 2.61. The summed E-state index contributed by atoms with van der Waals surface area (Å²) in [5, 5.41) is 1.18. The predicted octanol–water partition coefficient (Wildman–Crippen LogP) is 3.23. The summed E-state index contributed by atoms with van der Waals surface area (Å²) in [5.41, 5.74) is 3.17. The van der Waals surface area contributed by atoms with E-state index in [2.05, 4.69) is 22.1 Å². The van der Waals surface area contributed by atoms with Gasteiger partial charge in [-0.25, -0.2) is 0 Å². The van der Waals surface area contributed by atoms with Gasteiger partial charge in [-0.3, -0.25) is 9.59 Å². The molecule has 1 aliphatic carbocycles. The Kier molecular flexibility index (Phi) is 3.16. The summed E-state index contributed by atoms with van der Waals surface area (Å²) in [7, 11) is 0. The van der Waals surface area contributed by atoms with Crippen LogP contribution in [-0.2, 0) is 5.41 Å². The van der Waals surface area contributed by atoms with E-state index in [9.17, 15) is 9.59 Å². The zero-order valence-electron chi connectivity index (χ0n) is 14.3.